The zero-order valence-electron chi connectivity index (χ0n) is 16.1. The topological polar surface area (TPSA) is 69.7 Å². The van der Waals surface area contributed by atoms with Crippen LogP contribution in [0.2, 0.25) is 0 Å². The van der Waals surface area contributed by atoms with E-state index in [1.165, 1.54) is 17.4 Å². The number of benzene rings is 2. The Balaban J connectivity index is 1.71. The molecule has 0 spiro atoms. The van der Waals surface area contributed by atoms with E-state index in [-0.39, 0.29) is 5.91 Å². The van der Waals surface area contributed by atoms with Gasteiger partial charge < -0.3 is 14.2 Å². The van der Waals surface area contributed by atoms with Crippen molar-refractivity contribution in [2.45, 2.75) is 0 Å². The second-order valence-electron chi connectivity index (χ2n) is 5.83. The van der Waals surface area contributed by atoms with Crippen LogP contribution in [-0.4, -0.2) is 32.2 Å². The number of nitrogens with zero attached hydrogens (tertiary/aromatic N) is 1. The third-order valence-electron chi connectivity index (χ3n) is 3.99. The van der Waals surface area contributed by atoms with Crippen molar-refractivity contribution in [3.63, 3.8) is 0 Å². The maximum Gasteiger partial charge on any atom is 0.250 e. The summed E-state index contributed by atoms with van der Waals surface area (Å²) in [5, 5.41) is 5.21. The molecule has 0 unspecified atom stereocenters. The number of nitrogens with one attached hydrogen (secondary N) is 1. The maximum absolute atomic E-state index is 12.3. The zero-order valence-corrected chi connectivity index (χ0v) is 18.5. The number of carbonyl (C=O) groups excluding carboxylic acids is 1. The van der Waals surface area contributed by atoms with Gasteiger partial charge in [-0.15, -0.1) is 11.3 Å². The van der Waals surface area contributed by atoms with Gasteiger partial charge in [0.25, 0.3) is 0 Å². The summed E-state index contributed by atoms with van der Waals surface area (Å²) >= 11 is 4.78. The highest BCUT2D eigenvalue weighted by Crippen LogP contribution is 2.38. The number of hydrogen-bond acceptors (Lipinski definition) is 6. The molecular weight excluding hydrogens is 456 g/mol. The van der Waals surface area contributed by atoms with Crippen LogP contribution in [0.5, 0.6) is 17.2 Å². The predicted molar refractivity (Wildman–Crippen MR) is 119 cm³/mol. The highest BCUT2D eigenvalue weighted by atomic mass is 79.9. The molecule has 0 atom stereocenters. The highest BCUT2D eigenvalue weighted by Gasteiger charge is 2.12. The fraction of sp³-hybridized carbons (Fsp3) is 0.143. The van der Waals surface area contributed by atoms with Gasteiger partial charge in [0.1, 0.15) is 0 Å². The smallest absolute Gasteiger partial charge is 0.250 e. The van der Waals surface area contributed by atoms with Gasteiger partial charge in [0.2, 0.25) is 11.7 Å². The Morgan fingerprint density at radius 3 is 2.31 bits per heavy atom. The monoisotopic (exact) mass is 474 g/mol. The fourth-order valence-electron chi connectivity index (χ4n) is 2.60. The third kappa shape index (κ3) is 5.16. The van der Waals surface area contributed by atoms with E-state index in [2.05, 4.69) is 26.2 Å². The van der Waals surface area contributed by atoms with Gasteiger partial charge >= 0.3 is 0 Å². The Bertz CT molecular complexity index is 1010. The molecule has 2 aromatic carbocycles. The molecule has 0 aliphatic carbocycles. The Labute approximate surface area is 181 Å². The molecule has 1 amide bonds. The summed E-state index contributed by atoms with van der Waals surface area (Å²) in [4.78, 5) is 16.7. The minimum absolute atomic E-state index is 0.282. The molecule has 0 saturated carbocycles. The predicted octanol–water partition coefficient (Wildman–Crippen LogP) is 5.25. The summed E-state index contributed by atoms with van der Waals surface area (Å²) in [6.45, 7) is 0. The second-order valence-corrected chi connectivity index (χ2v) is 7.60. The zero-order chi connectivity index (χ0) is 20.8. The van der Waals surface area contributed by atoms with Crippen LogP contribution >= 0.6 is 27.3 Å². The number of anilines is 1. The number of rotatable bonds is 7. The summed E-state index contributed by atoms with van der Waals surface area (Å²) in [5.74, 6) is 1.26. The van der Waals surface area contributed by atoms with Crippen molar-refractivity contribution in [3.05, 3.63) is 57.9 Å². The first kappa shape index (κ1) is 20.9. The van der Waals surface area contributed by atoms with Crippen LogP contribution in [0.4, 0.5) is 5.13 Å². The second kappa shape index (κ2) is 9.58. The molecule has 3 aromatic rings. The summed E-state index contributed by atoms with van der Waals surface area (Å²) in [5.41, 5.74) is 2.54. The van der Waals surface area contributed by atoms with Crippen molar-refractivity contribution in [2.24, 2.45) is 0 Å². The maximum atomic E-state index is 12.3. The molecule has 0 radical (unpaired) electrons. The SMILES string of the molecule is COc1cc(C=CC(=O)Nc2nc(-c3ccc(Br)cc3)cs2)cc(OC)c1OC. The first-order valence-electron chi connectivity index (χ1n) is 8.54. The number of carbonyl (C=O) groups is 1. The summed E-state index contributed by atoms with van der Waals surface area (Å²) in [6, 6.07) is 11.4. The Hall–Kier alpha value is -2.84. The molecule has 1 aromatic heterocycles. The first-order valence-corrected chi connectivity index (χ1v) is 10.2. The first-order chi connectivity index (χ1) is 14.0. The lowest BCUT2D eigenvalue weighted by Crippen LogP contribution is -2.07. The average Bonchev–Trinajstić information content (AvgIpc) is 3.20. The molecule has 150 valence electrons. The van der Waals surface area contributed by atoms with Crippen LogP contribution < -0.4 is 19.5 Å². The summed E-state index contributed by atoms with van der Waals surface area (Å²) in [6.07, 6.45) is 3.10. The van der Waals surface area contributed by atoms with E-state index >= 15 is 0 Å². The Kier molecular flexibility index (Phi) is 6.90. The summed E-state index contributed by atoms with van der Waals surface area (Å²) in [7, 11) is 4.63. The molecule has 0 aliphatic heterocycles. The van der Waals surface area contributed by atoms with Gasteiger partial charge in [-0.1, -0.05) is 28.1 Å². The van der Waals surface area contributed by atoms with Crippen LogP contribution in [0.25, 0.3) is 17.3 Å². The van der Waals surface area contributed by atoms with E-state index < -0.39 is 0 Å². The number of halogens is 1. The van der Waals surface area contributed by atoms with Crippen molar-refractivity contribution in [1.82, 2.24) is 4.98 Å². The number of amides is 1. The minimum Gasteiger partial charge on any atom is -0.493 e. The van der Waals surface area contributed by atoms with Crippen molar-refractivity contribution in [2.75, 3.05) is 26.6 Å². The van der Waals surface area contributed by atoms with Crippen LogP contribution in [0.3, 0.4) is 0 Å². The van der Waals surface area contributed by atoms with E-state index in [0.29, 0.717) is 22.4 Å². The molecule has 6 nitrogen and oxygen atoms in total. The third-order valence-corrected chi connectivity index (χ3v) is 5.27. The van der Waals surface area contributed by atoms with Crippen molar-refractivity contribution >= 4 is 44.4 Å². The lowest BCUT2D eigenvalue weighted by molar-refractivity contribution is -0.111. The summed E-state index contributed by atoms with van der Waals surface area (Å²) < 4.78 is 16.9. The van der Waals surface area contributed by atoms with Gasteiger partial charge in [-0.05, 0) is 35.9 Å². The van der Waals surface area contributed by atoms with Crippen molar-refractivity contribution in [1.29, 1.82) is 0 Å². The number of hydrogen-bond donors (Lipinski definition) is 1. The van der Waals surface area contributed by atoms with Gasteiger partial charge in [-0.3, -0.25) is 10.1 Å². The van der Waals surface area contributed by atoms with Crippen LogP contribution in [-0.2, 0) is 4.79 Å². The lowest BCUT2D eigenvalue weighted by atomic mass is 10.1. The van der Waals surface area contributed by atoms with Gasteiger partial charge in [-0.25, -0.2) is 4.98 Å². The van der Waals surface area contributed by atoms with Crippen LogP contribution in [0.15, 0.2) is 52.3 Å². The van der Waals surface area contributed by atoms with E-state index in [9.17, 15) is 4.79 Å². The van der Waals surface area contributed by atoms with E-state index in [0.717, 1.165) is 21.3 Å². The molecule has 0 fully saturated rings. The lowest BCUT2D eigenvalue weighted by Gasteiger charge is -2.12. The van der Waals surface area contributed by atoms with Gasteiger partial charge in [-0.2, -0.15) is 0 Å². The van der Waals surface area contributed by atoms with E-state index in [1.54, 1.807) is 39.5 Å². The average molecular weight is 475 g/mol. The molecule has 3 rings (SSSR count). The highest BCUT2D eigenvalue weighted by molar-refractivity contribution is 9.10. The number of ether oxygens (including phenoxy) is 3. The molecule has 1 N–H and O–H groups in total. The number of methoxy groups -OCH3 is 3. The van der Waals surface area contributed by atoms with Gasteiger partial charge in [0, 0.05) is 21.5 Å². The largest absolute Gasteiger partial charge is 0.493 e. The molecular formula is C21H19BrN2O4S. The standard InChI is InChI=1S/C21H19BrN2O4S/c1-26-17-10-13(11-18(27-2)20(17)28-3)4-9-19(25)24-21-23-16(12-29-21)14-5-7-15(22)8-6-14/h4-12H,1-3H3,(H,23,24,25). The minimum atomic E-state index is -0.282. The van der Waals surface area contributed by atoms with Crippen molar-refractivity contribution < 1.29 is 19.0 Å². The number of aromatic nitrogens is 1. The molecule has 1 heterocycles. The van der Waals surface area contributed by atoms with Gasteiger partial charge in [0.15, 0.2) is 16.6 Å². The Morgan fingerprint density at radius 1 is 1.07 bits per heavy atom. The van der Waals surface area contributed by atoms with Gasteiger partial charge in [0.05, 0.1) is 27.0 Å². The normalized spacial score (nSPS) is 10.8. The van der Waals surface area contributed by atoms with Crippen LogP contribution in [0.1, 0.15) is 5.56 Å². The number of thiazole rings is 1. The molecule has 0 saturated heterocycles. The van der Waals surface area contributed by atoms with Crippen molar-refractivity contribution in [3.8, 4) is 28.5 Å². The fourth-order valence-corrected chi connectivity index (χ4v) is 3.59. The molecule has 0 bridgehead atoms. The van der Waals surface area contributed by atoms with Crippen LogP contribution in [0, 0.1) is 0 Å². The Morgan fingerprint density at radius 2 is 1.72 bits per heavy atom. The van der Waals surface area contributed by atoms with E-state index in [1.807, 2.05) is 29.6 Å². The van der Waals surface area contributed by atoms with E-state index in [4.69, 9.17) is 14.2 Å². The molecule has 0 aliphatic rings. The quantitative estimate of drug-likeness (QED) is 0.473. The molecule has 29 heavy (non-hydrogen) atoms. The molecule has 8 heteroatoms.